The fourth-order valence-electron chi connectivity index (χ4n) is 5.01. The van der Waals surface area contributed by atoms with E-state index in [0.29, 0.717) is 56.2 Å². The Morgan fingerprint density at radius 1 is 1.10 bits per heavy atom. The Kier molecular flexibility index (Phi) is 6.59. The van der Waals surface area contributed by atoms with Crippen LogP contribution >= 0.6 is 0 Å². The molecule has 0 saturated heterocycles. The van der Waals surface area contributed by atoms with Crippen molar-refractivity contribution in [3.8, 4) is 22.8 Å². The zero-order valence-electron chi connectivity index (χ0n) is 22.1. The fraction of sp³-hybridized carbons (Fsp3) is 0.156. The molecule has 5 aromatic rings. The van der Waals surface area contributed by atoms with E-state index < -0.39 is 0 Å². The van der Waals surface area contributed by atoms with Gasteiger partial charge in [0.05, 0.1) is 16.7 Å². The first-order chi connectivity index (χ1) is 19.4. The first-order valence-corrected chi connectivity index (χ1v) is 13.2. The molecule has 0 radical (unpaired) electrons. The summed E-state index contributed by atoms with van der Waals surface area (Å²) in [7, 11) is 0. The number of nitrogens with zero attached hydrogens (tertiary/aromatic N) is 3. The lowest BCUT2D eigenvalue weighted by Crippen LogP contribution is -2.23. The summed E-state index contributed by atoms with van der Waals surface area (Å²) < 4.78 is 29.3. The molecule has 1 fully saturated rings. The Bertz CT molecular complexity index is 1840. The van der Waals surface area contributed by atoms with Crippen LogP contribution in [0, 0.1) is 17.6 Å². The van der Waals surface area contributed by atoms with Gasteiger partial charge in [-0.3, -0.25) is 10.1 Å². The highest BCUT2D eigenvalue weighted by atomic mass is 19.1. The van der Waals surface area contributed by atoms with Gasteiger partial charge in [0.2, 0.25) is 0 Å². The van der Waals surface area contributed by atoms with Crippen molar-refractivity contribution in [3.05, 3.63) is 109 Å². The van der Waals surface area contributed by atoms with Crippen molar-refractivity contribution in [1.29, 1.82) is 0 Å². The van der Waals surface area contributed by atoms with Crippen molar-refractivity contribution in [2.75, 3.05) is 0 Å². The zero-order valence-corrected chi connectivity index (χ0v) is 22.1. The Morgan fingerprint density at radius 3 is 2.67 bits per heavy atom. The lowest BCUT2D eigenvalue weighted by Gasteiger charge is -2.28. The molecule has 0 bridgehead atoms. The predicted molar refractivity (Wildman–Crippen MR) is 156 cm³/mol. The summed E-state index contributed by atoms with van der Waals surface area (Å²) in [6, 6.07) is 11.3. The number of H-pyrrole nitrogens is 2. The molecule has 1 saturated carbocycles. The highest BCUT2D eigenvalue weighted by molar-refractivity contribution is 5.97. The monoisotopic (exact) mass is 534 g/mol. The van der Waals surface area contributed by atoms with Crippen LogP contribution in [0.5, 0.6) is 0 Å². The van der Waals surface area contributed by atoms with Crippen LogP contribution in [0.3, 0.4) is 0 Å². The van der Waals surface area contributed by atoms with Crippen LogP contribution in [0.4, 0.5) is 8.78 Å². The number of hydrogen-bond donors (Lipinski definition) is 3. The molecule has 1 aliphatic rings. The summed E-state index contributed by atoms with van der Waals surface area (Å²) in [6.45, 7) is 9.97. The molecule has 2 aromatic carbocycles. The van der Waals surface area contributed by atoms with Crippen molar-refractivity contribution in [2.24, 2.45) is 5.92 Å². The van der Waals surface area contributed by atoms with E-state index in [9.17, 15) is 4.39 Å². The molecule has 0 amide bonds. The van der Waals surface area contributed by atoms with Gasteiger partial charge in [-0.1, -0.05) is 37.8 Å². The number of aromatic nitrogens is 5. The Labute approximate surface area is 230 Å². The first kappa shape index (κ1) is 25.4. The largest absolute Gasteiger partial charge is 0.359 e. The summed E-state index contributed by atoms with van der Waals surface area (Å²) in [6.07, 6.45) is 10.6. The van der Waals surface area contributed by atoms with Crippen molar-refractivity contribution < 1.29 is 8.78 Å². The second kappa shape index (κ2) is 10.4. The van der Waals surface area contributed by atoms with Gasteiger partial charge in [0, 0.05) is 40.2 Å². The SMILES string of the molecule is C=C/C(=C\C(=C/C)c1cc2c(-c3nc4c(-c5cccc(F)c5)nccc4[nH]3)n[nH]c2cc1F)NC(=C)C1CCC1. The quantitative estimate of drug-likeness (QED) is 0.177. The normalized spacial score (nSPS) is 14.5. The molecule has 6 rings (SSSR count). The van der Waals surface area contributed by atoms with E-state index in [2.05, 4.69) is 38.6 Å². The van der Waals surface area contributed by atoms with Gasteiger partial charge < -0.3 is 10.3 Å². The van der Waals surface area contributed by atoms with Crippen LogP contribution in [-0.4, -0.2) is 25.1 Å². The predicted octanol–water partition coefficient (Wildman–Crippen LogP) is 7.82. The van der Waals surface area contributed by atoms with Crippen molar-refractivity contribution in [3.63, 3.8) is 0 Å². The Balaban J connectivity index is 1.40. The summed E-state index contributed by atoms with van der Waals surface area (Å²) >= 11 is 0. The minimum Gasteiger partial charge on any atom is -0.359 e. The average molecular weight is 535 g/mol. The molecule has 3 heterocycles. The molecule has 3 aromatic heterocycles. The van der Waals surface area contributed by atoms with Gasteiger partial charge in [0.15, 0.2) is 5.82 Å². The maximum atomic E-state index is 15.4. The second-order valence-corrected chi connectivity index (χ2v) is 9.93. The second-order valence-electron chi connectivity index (χ2n) is 9.93. The Morgan fingerprint density at radius 2 is 1.95 bits per heavy atom. The van der Waals surface area contributed by atoms with Crippen LogP contribution in [0.25, 0.3) is 50.3 Å². The molecule has 0 unspecified atom stereocenters. The van der Waals surface area contributed by atoms with Gasteiger partial charge in [0.25, 0.3) is 0 Å². The van der Waals surface area contributed by atoms with Gasteiger partial charge in [0.1, 0.15) is 22.8 Å². The van der Waals surface area contributed by atoms with E-state index in [1.54, 1.807) is 36.5 Å². The minimum absolute atomic E-state index is 0.351. The number of halogens is 2. The molecule has 200 valence electrons. The zero-order chi connectivity index (χ0) is 27.8. The third-order valence-electron chi connectivity index (χ3n) is 7.43. The fourth-order valence-corrected chi connectivity index (χ4v) is 5.01. The lowest BCUT2D eigenvalue weighted by atomic mass is 9.83. The number of benzene rings is 2. The number of fused-ring (bicyclic) bond motifs is 2. The molecule has 0 atom stereocenters. The van der Waals surface area contributed by atoms with E-state index in [1.807, 2.05) is 19.1 Å². The molecular formula is C32H28F2N6. The van der Waals surface area contributed by atoms with Gasteiger partial charge in [-0.15, -0.1) is 0 Å². The number of nitrogens with one attached hydrogen (secondary N) is 3. The highest BCUT2D eigenvalue weighted by Gasteiger charge is 2.21. The summed E-state index contributed by atoms with van der Waals surface area (Å²) in [5.41, 5.74) is 6.41. The number of aromatic amines is 2. The number of pyridine rings is 1. The van der Waals surface area contributed by atoms with Gasteiger partial charge >= 0.3 is 0 Å². The van der Waals surface area contributed by atoms with Crippen LogP contribution < -0.4 is 5.32 Å². The number of imidazole rings is 1. The van der Waals surface area contributed by atoms with Crippen LogP contribution in [0.15, 0.2) is 91.4 Å². The lowest BCUT2D eigenvalue weighted by molar-refractivity contribution is 0.356. The number of hydrogen-bond acceptors (Lipinski definition) is 4. The summed E-state index contributed by atoms with van der Waals surface area (Å²) in [4.78, 5) is 12.5. The third-order valence-corrected chi connectivity index (χ3v) is 7.43. The summed E-state index contributed by atoms with van der Waals surface area (Å²) in [5.74, 6) is 0.220. The Hall–Kier alpha value is -4.85. The van der Waals surface area contributed by atoms with Crippen molar-refractivity contribution in [1.82, 2.24) is 30.5 Å². The van der Waals surface area contributed by atoms with E-state index in [4.69, 9.17) is 4.98 Å². The van der Waals surface area contributed by atoms with E-state index in [-0.39, 0.29) is 11.6 Å². The number of rotatable bonds is 8. The third kappa shape index (κ3) is 4.62. The molecule has 0 spiro atoms. The van der Waals surface area contributed by atoms with Gasteiger partial charge in [-0.25, -0.2) is 13.8 Å². The topological polar surface area (TPSA) is 82.3 Å². The van der Waals surface area contributed by atoms with Crippen LogP contribution in [0.2, 0.25) is 0 Å². The van der Waals surface area contributed by atoms with Crippen molar-refractivity contribution in [2.45, 2.75) is 26.2 Å². The smallest absolute Gasteiger partial charge is 0.159 e. The van der Waals surface area contributed by atoms with Crippen LogP contribution in [0.1, 0.15) is 31.7 Å². The molecule has 8 heteroatoms. The molecule has 0 aliphatic heterocycles. The minimum atomic E-state index is -0.379. The standard InChI is InChI=1S/C32H28F2N6/c1-4-19(15-23(5-2)36-18(3)20-8-6-9-20)24-16-25-28(17-26(24)34)39-40-30(25)32-37-27-12-13-35-29(31(27)38-32)21-10-7-11-22(33)14-21/h4-5,7,10-17,20,36H,2-3,6,8-9H2,1H3,(H,37,38)(H,39,40)/b19-4+,23-15+. The van der Waals surface area contributed by atoms with Gasteiger partial charge in [-0.2, -0.15) is 5.10 Å². The first-order valence-electron chi connectivity index (χ1n) is 13.2. The molecule has 40 heavy (non-hydrogen) atoms. The summed E-state index contributed by atoms with van der Waals surface area (Å²) in [5, 5.41) is 11.4. The van der Waals surface area contributed by atoms with E-state index >= 15 is 4.39 Å². The maximum absolute atomic E-state index is 15.4. The maximum Gasteiger partial charge on any atom is 0.159 e. The average Bonchev–Trinajstić information content (AvgIpc) is 3.53. The number of allylic oxidation sites excluding steroid dienone is 5. The highest BCUT2D eigenvalue weighted by Crippen LogP contribution is 2.34. The van der Waals surface area contributed by atoms with Crippen molar-refractivity contribution >= 4 is 27.5 Å². The van der Waals surface area contributed by atoms with E-state index in [0.717, 1.165) is 29.8 Å². The molecular weight excluding hydrogens is 506 g/mol. The molecule has 6 nitrogen and oxygen atoms in total. The van der Waals surface area contributed by atoms with E-state index in [1.165, 1.54) is 24.6 Å². The van der Waals surface area contributed by atoms with Crippen LogP contribution in [-0.2, 0) is 0 Å². The molecule has 3 N–H and O–H groups in total. The van der Waals surface area contributed by atoms with Gasteiger partial charge in [-0.05, 0) is 67.7 Å². The molecule has 1 aliphatic carbocycles.